The molecule has 0 aliphatic carbocycles. The van der Waals surface area contributed by atoms with Crippen LogP contribution in [0.3, 0.4) is 0 Å². The molecule has 1 fully saturated rings. The maximum atomic E-state index is 11.5. The lowest BCUT2D eigenvalue weighted by Crippen LogP contribution is -2.35. The van der Waals surface area contributed by atoms with Gasteiger partial charge >= 0.3 is 0 Å². The smallest absolute Gasteiger partial charge is 0.217 e. The van der Waals surface area contributed by atoms with E-state index in [1.54, 1.807) is 13.0 Å². The standard InChI is InChI=1S/C25H27N3O2/c1-16-8-9-24(30)22(12-16)23-13-19(21-7-5-4-6-17(21)2)14-25(27-23)28-11-10-20(15-28)26-18(3)29/h4-9,12-14,20,30H,10-11,15H2,1-3H3,(H,26,29). The summed E-state index contributed by atoms with van der Waals surface area (Å²) < 4.78 is 0. The summed E-state index contributed by atoms with van der Waals surface area (Å²) >= 11 is 0. The summed E-state index contributed by atoms with van der Waals surface area (Å²) in [6.45, 7) is 7.21. The first kappa shape index (κ1) is 20.0. The highest BCUT2D eigenvalue weighted by molar-refractivity contribution is 5.78. The molecule has 2 heterocycles. The third-order valence-electron chi connectivity index (χ3n) is 5.62. The van der Waals surface area contributed by atoms with E-state index in [2.05, 4.69) is 35.3 Å². The minimum atomic E-state index is -0.00570. The fraction of sp³-hybridized carbons (Fsp3) is 0.280. The van der Waals surface area contributed by atoms with Crippen LogP contribution in [-0.2, 0) is 4.79 Å². The lowest BCUT2D eigenvalue weighted by Gasteiger charge is -2.21. The molecule has 3 aromatic rings. The number of rotatable bonds is 4. The van der Waals surface area contributed by atoms with Gasteiger partial charge in [0, 0.05) is 31.6 Å². The van der Waals surface area contributed by atoms with E-state index in [0.717, 1.165) is 53.3 Å². The van der Waals surface area contributed by atoms with Crippen molar-refractivity contribution in [3.63, 3.8) is 0 Å². The number of nitrogens with zero attached hydrogens (tertiary/aromatic N) is 2. The first-order chi connectivity index (χ1) is 14.4. The van der Waals surface area contributed by atoms with Crippen molar-refractivity contribution >= 4 is 11.7 Å². The molecule has 1 amide bonds. The number of carbonyl (C=O) groups is 1. The van der Waals surface area contributed by atoms with Crippen LogP contribution in [0.15, 0.2) is 54.6 Å². The molecule has 1 atom stereocenters. The van der Waals surface area contributed by atoms with Crippen LogP contribution in [0.1, 0.15) is 24.5 Å². The molecule has 154 valence electrons. The van der Waals surface area contributed by atoms with E-state index in [0.29, 0.717) is 0 Å². The lowest BCUT2D eigenvalue weighted by molar-refractivity contribution is -0.119. The van der Waals surface area contributed by atoms with Gasteiger partial charge < -0.3 is 15.3 Å². The largest absolute Gasteiger partial charge is 0.507 e. The van der Waals surface area contributed by atoms with Gasteiger partial charge in [-0.3, -0.25) is 4.79 Å². The van der Waals surface area contributed by atoms with Crippen LogP contribution in [0.25, 0.3) is 22.4 Å². The zero-order valence-electron chi connectivity index (χ0n) is 17.6. The minimum Gasteiger partial charge on any atom is -0.507 e. The van der Waals surface area contributed by atoms with Gasteiger partial charge in [-0.05, 0) is 61.2 Å². The van der Waals surface area contributed by atoms with E-state index in [1.165, 1.54) is 5.56 Å². The number of hydrogen-bond acceptors (Lipinski definition) is 4. The third kappa shape index (κ3) is 4.15. The zero-order chi connectivity index (χ0) is 21.3. The van der Waals surface area contributed by atoms with Crippen LogP contribution >= 0.6 is 0 Å². The summed E-state index contributed by atoms with van der Waals surface area (Å²) in [5.74, 6) is 1.08. The predicted octanol–water partition coefficient (Wildman–Crippen LogP) is 4.45. The predicted molar refractivity (Wildman–Crippen MR) is 121 cm³/mol. The van der Waals surface area contributed by atoms with Gasteiger partial charge in [0.05, 0.1) is 5.69 Å². The van der Waals surface area contributed by atoms with Crippen molar-refractivity contribution in [2.75, 3.05) is 18.0 Å². The number of aryl methyl sites for hydroxylation is 2. The molecule has 2 N–H and O–H groups in total. The second-order valence-corrected chi connectivity index (χ2v) is 8.07. The molecule has 0 saturated carbocycles. The van der Waals surface area contributed by atoms with Gasteiger partial charge in [-0.1, -0.05) is 35.9 Å². The molecule has 2 aromatic carbocycles. The first-order valence-corrected chi connectivity index (χ1v) is 10.3. The van der Waals surface area contributed by atoms with Crippen molar-refractivity contribution in [3.05, 3.63) is 65.7 Å². The average Bonchev–Trinajstić information content (AvgIpc) is 3.17. The second-order valence-electron chi connectivity index (χ2n) is 8.07. The summed E-state index contributed by atoms with van der Waals surface area (Å²) in [6.07, 6.45) is 0.890. The molecule has 30 heavy (non-hydrogen) atoms. The van der Waals surface area contributed by atoms with E-state index in [-0.39, 0.29) is 17.7 Å². The minimum absolute atomic E-state index is 0.00570. The molecule has 1 saturated heterocycles. The molecule has 4 rings (SSSR count). The fourth-order valence-electron chi connectivity index (χ4n) is 4.10. The van der Waals surface area contributed by atoms with Gasteiger partial charge in [0.1, 0.15) is 11.6 Å². The summed E-state index contributed by atoms with van der Waals surface area (Å²) in [5, 5.41) is 13.5. The Kier molecular flexibility index (Phi) is 5.44. The number of aromatic nitrogens is 1. The Morgan fingerprint density at radius 3 is 2.67 bits per heavy atom. The Morgan fingerprint density at radius 2 is 1.90 bits per heavy atom. The van der Waals surface area contributed by atoms with Crippen LogP contribution in [0.2, 0.25) is 0 Å². The number of carbonyl (C=O) groups excluding carboxylic acids is 1. The van der Waals surface area contributed by atoms with Gasteiger partial charge in [0.2, 0.25) is 5.91 Å². The maximum Gasteiger partial charge on any atom is 0.217 e. The lowest BCUT2D eigenvalue weighted by atomic mass is 9.98. The molecular formula is C25H27N3O2. The van der Waals surface area contributed by atoms with Crippen molar-refractivity contribution < 1.29 is 9.90 Å². The van der Waals surface area contributed by atoms with Gasteiger partial charge in [-0.25, -0.2) is 4.98 Å². The van der Waals surface area contributed by atoms with Crippen molar-refractivity contribution in [1.82, 2.24) is 10.3 Å². The van der Waals surface area contributed by atoms with E-state index >= 15 is 0 Å². The molecule has 0 radical (unpaired) electrons. The maximum absolute atomic E-state index is 11.5. The highest BCUT2D eigenvalue weighted by Gasteiger charge is 2.25. The van der Waals surface area contributed by atoms with Crippen molar-refractivity contribution in [2.24, 2.45) is 0 Å². The first-order valence-electron chi connectivity index (χ1n) is 10.3. The highest BCUT2D eigenvalue weighted by Crippen LogP contribution is 2.35. The second kappa shape index (κ2) is 8.19. The number of phenols is 1. The molecule has 1 aliphatic heterocycles. The highest BCUT2D eigenvalue weighted by atomic mass is 16.3. The van der Waals surface area contributed by atoms with Crippen molar-refractivity contribution in [2.45, 2.75) is 33.2 Å². The Hall–Kier alpha value is -3.34. The molecule has 1 unspecified atom stereocenters. The normalized spacial score (nSPS) is 16.0. The third-order valence-corrected chi connectivity index (χ3v) is 5.62. The number of hydrogen-bond donors (Lipinski definition) is 2. The van der Waals surface area contributed by atoms with E-state index in [4.69, 9.17) is 4.98 Å². The number of nitrogens with one attached hydrogen (secondary N) is 1. The number of pyridine rings is 1. The van der Waals surface area contributed by atoms with Gasteiger partial charge in [0.15, 0.2) is 0 Å². The van der Waals surface area contributed by atoms with Crippen molar-refractivity contribution in [1.29, 1.82) is 0 Å². The van der Waals surface area contributed by atoms with Crippen LogP contribution in [0, 0.1) is 13.8 Å². The van der Waals surface area contributed by atoms with Crippen LogP contribution < -0.4 is 10.2 Å². The Balaban J connectivity index is 1.80. The molecule has 1 aromatic heterocycles. The van der Waals surface area contributed by atoms with E-state index in [9.17, 15) is 9.90 Å². The monoisotopic (exact) mass is 401 g/mol. The van der Waals surface area contributed by atoms with Gasteiger partial charge in [-0.15, -0.1) is 0 Å². The van der Waals surface area contributed by atoms with E-state index in [1.807, 2.05) is 37.3 Å². The Bertz CT molecular complexity index is 1090. The summed E-state index contributed by atoms with van der Waals surface area (Å²) in [7, 11) is 0. The molecule has 0 bridgehead atoms. The Morgan fingerprint density at radius 1 is 1.10 bits per heavy atom. The van der Waals surface area contributed by atoms with Crippen LogP contribution in [-0.4, -0.2) is 35.1 Å². The SMILES string of the molecule is CC(=O)NC1CCN(c2cc(-c3ccccc3C)cc(-c3cc(C)ccc3O)n2)C1. The van der Waals surface area contributed by atoms with Gasteiger partial charge in [-0.2, -0.15) is 0 Å². The average molecular weight is 402 g/mol. The van der Waals surface area contributed by atoms with Crippen LogP contribution in [0.4, 0.5) is 5.82 Å². The Labute approximate surface area is 177 Å². The quantitative estimate of drug-likeness (QED) is 0.678. The number of aromatic hydroxyl groups is 1. The zero-order valence-corrected chi connectivity index (χ0v) is 17.6. The molecule has 5 heteroatoms. The topological polar surface area (TPSA) is 65.5 Å². The number of amides is 1. The number of benzene rings is 2. The molecule has 1 aliphatic rings. The van der Waals surface area contributed by atoms with Gasteiger partial charge in [0.25, 0.3) is 0 Å². The van der Waals surface area contributed by atoms with Crippen molar-refractivity contribution in [3.8, 4) is 28.1 Å². The fourth-order valence-corrected chi connectivity index (χ4v) is 4.10. The summed E-state index contributed by atoms with van der Waals surface area (Å²) in [5.41, 5.74) is 5.94. The number of phenolic OH excluding ortho intramolecular Hbond substituents is 1. The molecular weight excluding hydrogens is 374 g/mol. The van der Waals surface area contributed by atoms with E-state index < -0.39 is 0 Å². The summed E-state index contributed by atoms with van der Waals surface area (Å²) in [6, 6.07) is 18.1. The molecule has 0 spiro atoms. The number of anilines is 1. The molecule has 5 nitrogen and oxygen atoms in total. The summed E-state index contributed by atoms with van der Waals surface area (Å²) in [4.78, 5) is 18.6. The van der Waals surface area contributed by atoms with Crippen LogP contribution in [0.5, 0.6) is 5.75 Å².